The van der Waals surface area contributed by atoms with Crippen LogP contribution < -0.4 is 9.80 Å². The van der Waals surface area contributed by atoms with Crippen LogP contribution in [0.4, 0.5) is 34.9 Å². The smallest absolute Gasteiger partial charge is 0.142 e. The molecule has 0 saturated carbocycles. The average molecular weight is 586 g/mol. The zero-order valence-corrected chi connectivity index (χ0v) is 26.4. The summed E-state index contributed by atoms with van der Waals surface area (Å²) in [5.74, 6) is 4.48. The SMILES string of the molecule is CCCc1ccc(N(c2ccc(CCC)cn2)c2cccc(N(c3ccc(CCC)cn3)c3ccc(CCC)cn3)n2)nc1. The number of aryl methyl sites for hydroxylation is 4. The van der Waals surface area contributed by atoms with Crippen LogP contribution >= 0.6 is 0 Å². The van der Waals surface area contributed by atoms with E-state index in [9.17, 15) is 0 Å². The van der Waals surface area contributed by atoms with Crippen LogP contribution in [-0.2, 0) is 25.7 Å². The van der Waals surface area contributed by atoms with E-state index in [2.05, 4.69) is 76.2 Å². The monoisotopic (exact) mass is 585 g/mol. The summed E-state index contributed by atoms with van der Waals surface area (Å²) < 4.78 is 0. The van der Waals surface area contributed by atoms with Crippen LogP contribution in [-0.4, -0.2) is 24.9 Å². The Morgan fingerprint density at radius 2 is 0.682 bits per heavy atom. The van der Waals surface area contributed by atoms with Crippen molar-refractivity contribution < 1.29 is 0 Å². The maximum atomic E-state index is 5.21. The van der Waals surface area contributed by atoms with Gasteiger partial charge in [0.2, 0.25) is 0 Å². The van der Waals surface area contributed by atoms with E-state index in [1.54, 1.807) is 0 Å². The molecule has 0 amide bonds. The average Bonchev–Trinajstić information content (AvgIpc) is 3.05. The summed E-state index contributed by atoms with van der Waals surface area (Å²) in [6.07, 6.45) is 16.1. The van der Waals surface area contributed by atoms with Gasteiger partial charge in [-0.25, -0.2) is 24.9 Å². The molecule has 0 aliphatic rings. The molecule has 0 aromatic carbocycles. The first-order valence-electron chi connectivity index (χ1n) is 16.0. The fraction of sp³-hybridized carbons (Fsp3) is 0.324. The van der Waals surface area contributed by atoms with E-state index in [0.717, 1.165) is 74.6 Å². The van der Waals surface area contributed by atoms with Crippen LogP contribution in [0.25, 0.3) is 0 Å². The van der Waals surface area contributed by atoms with Gasteiger partial charge < -0.3 is 0 Å². The predicted molar refractivity (Wildman–Crippen MR) is 181 cm³/mol. The third-order valence-electron chi connectivity index (χ3n) is 7.49. The number of rotatable bonds is 14. The van der Waals surface area contributed by atoms with E-state index in [1.807, 2.05) is 52.8 Å². The first-order chi connectivity index (χ1) is 21.6. The highest BCUT2D eigenvalue weighted by molar-refractivity contribution is 5.74. The highest BCUT2D eigenvalue weighted by Crippen LogP contribution is 2.35. The lowest BCUT2D eigenvalue weighted by Gasteiger charge is -2.26. The van der Waals surface area contributed by atoms with Crippen LogP contribution in [0, 0.1) is 0 Å². The van der Waals surface area contributed by atoms with Gasteiger partial charge in [0.25, 0.3) is 0 Å². The van der Waals surface area contributed by atoms with Crippen molar-refractivity contribution in [2.75, 3.05) is 9.80 Å². The molecule has 5 rings (SSSR count). The molecule has 0 radical (unpaired) electrons. The van der Waals surface area contributed by atoms with Gasteiger partial charge in [-0.1, -0.05) is 83.7 Å². The molecular formula is C37H43N7. The summed E-state index contributed by atoms with van der Waals surface area (Å²) in [5, 5.41) is 0. The minimum Gasteiger partial charge on any atom is -0.262 e. The largest absolute Gasteiger partial charge is 0.262 e. The van der Waals surface area contributed by atoms with E-state index in [-0.39, 0.29) is 0 Å². The standard InChI is InChI=1S/C37H43N7/c1-5-10-28-16-20-32(38-24-28)43(33-21-17-29(11-6-2)25-39-33)36-14-9-15-37(42-36)44(34-22-18-30(12-7-3)26-40-34)35-23-19-31(13-8-4)27-41-35/h9,14-27H,5-8,10-13H2,1-4H3. The van der Waals surface area contributed by atoms with Crippen LogP contribution in [0.5, 0.6) is 0 Å². The molecule has 0 bridgehead atoms. The van der Waals surface area contributed by atoms with Gasteiger partial charge in [0.1, 0.15) is 34.9 Å². The quantitative estimate of drug-likeness (QED) is 0.129. The van der Waals surface area contributed by atoms with Crippen LogP contribution in [0.3, 0.4) is 0 Å². The zero-order valence-electron chi connectivity index (χ0n) is 26.4. The lowest BCUT2D eigenvalue weighted by atomic mass is 10.1. The van der Waals surface area contributed by atoms with Gasteiger partial charge in [0, 0.05) is 24.8 Å². The summed E-state index contributed by atoms with van der Waals surface area (Å²) in [6, 6.07) is 22.8. The molecule has 0 unspecified atom stereocenters. The van der Waals surface area contributed by atoms with E-state index in [4.69, 9.17) is 24.9 Å². The highest BCUT2D eigenvalue weighted by Gasteiger charge is 2.21. The van der Waals surface area contributed by atoms with Crippen molar-refractivity contribution in [1.29, 1.82) is 0 Å². The van der Waals surface area contributed by atoms with E-state index in [1.165, 1.54) is 22.3 Å². The zero-order chi connectivity index (χ0) is 30.7. The number of nitrogens with zero attached hydrogens (tertiary/aromatic N) is 7. The topological polar surface area (TPSA) is 70.9 Å². The van der Waals surface area contributed by atoms with Gasteiger partial charge >= 0.3 is 0 Å². The number of hydrogen-bond acceptors (Lipinski definition) is 7. The third kappa shape index (κ3) is 7.46. The summed E-state index contributed by atoms with van der Waals surface area (Å²) in [4.78, 5) is 28.7. The molecule has 5 heterocycles. The molecule has 0 fully saturated rings. The van der Waals surface area contributed by atoms with E-state index < -0.39 is 0 Å². The van der Waals surface area contributed by atoms with Crippen LogP contribution in [0.15, 0.2) is 91.5 Å². The normalized spacial score (nSPS) is 11.0. The summed E-state index contributed by atoms with van der Waals surface area (Å²) in [5.41, 5.74) is 4.85. The van der Waals surface area contributed by atoms with Gasteiger partial charge in [0.15, 0.2) is 0 Å². The minimum absolute atomic E-state index is 0.712. The maximum Gasteiger partial charge on any atom is 0.142 e. The molecule has 44 heavy (non-hydrogen) atoms. The van der Waals surface area contributed by atoms with E-state index >= 15 is 0 Å². The van der Waals surface area contributed by atoms with Crippen LogP contribution in [0.1, 0.15) is 75.6 Å². The molecule has 7 heteroatoms. The van der Waals surface area contributed by atoms with Gasteiger partial charge in [0.05, 0.1) is 0 Å². The first kappa shape index (κ1) is 30.8. The Bertz CT molecular complexity index is 1360. The molecule has 0 atom stereocenters. The molecule has 0 N–H and O–H groups in total. The van der Waals surface area contributed by atoms with E-state index in [0.29, 0.717) is 11.6 Å². The Morgan fingerprint density at radius 1 is 0.386 bits per heavy atom. The van der Waals surface area contributed by atoms with Gasteiger partial charge in [-0.3, -0.25) is 9.80 Å². The Balaban J connectivity index is 1.60. The molecule has 0 spiro atoms. The Labute approximate surface area is 262 Å². The molecule has 0 saturated heterocycles. The summed E-state index contributed by atoms with van der Waals surface area (Å²) >= 11 is 0. The second-order valence-electron chi connectivity index (χ2n) is 11.1. The summed E-state index contributed by atoms with van der Waals surface area (Å²) in [6.45, 7) is 8.73. The molecule has 7 nitrogen and oxygen atoms in total. The number of anilines is 6. The number of hydrogen-bond donors (Lipinski definition) is 0. The molecular weight excluding hydrogens is 542 g/mol. The first-order valence-corrected chi connectivity index (χ1v) is 16.0. The van der Waals surface area contributed by atoms with Crippen molar-refractivity contribution in [2.24, 2.45) is 0 Å². The van der Waals surface area contributed by atoms with Crippen molar-refractivity contribution in [3.63, 3.8) is 0 Å². The second-order valence-corrected chi connectivity index (χ2v) is 11.1. The van der Waals surface area contributed by atoms with Gasteiger partial charge in [-0.2, -0.15) is 0 Å². The van der Waals surface area contributed by atoms with Gasteiger partial charge in [-0.15, -0.1) is 0 Å². The fourth-order valence-electron chi connectivity index (χ4n) is 5.31. The van der Waals surface area contributed by atoms with Crippen molar-refractivity contribution in [1.82, 2.24) is 24.9 Å². The van der Waals surface area contributed by atoms with Crippen molar-refractivity contribution in [2.45, 2.75) is 79.1 Å². The molecule has 226 valence electrons. The Kier molecular flexibility index (Phi) is 10.6. The number of aromatic nitrogens is 5. The minimum atomic E-state index is 0.712. The lowest BCUT2D eigenvalue weighted by molar-refractivity contribution is 0.907. The summed E-state index contributed by atoms with van der Waals surface area (Å²) in [7, 11) is 0. The van der Waals surface area contributed by atoms with Crippen molar-refractivity contribution >= 4 is 34.9 Å². The van der Waals surface area contributed by atoms with Crippen LogP contribution in [0.2, 0.25) is 0 Å². The molecule has 5 aromatic rings. The molecule has 0 aliphatic carbocycles. The fourth-order valence-corrected chi connectivity index (χ4v) is 5.31. The Hall–Kier alpha value is -4.65. The second kappa shape index (κ2) is 15.2. The highest BCUT2D eigenvalue weighted by atomic mass is 15.3. The molecule has 0 aliphatic heterocycles. The van der Waals surface area contributed by atoms with Crippen molar-refractivity contribution in [3.05, 3.63) is 114 Å². The lowest BCUT2D eigenvalue weighted by Crippen LogP contribution is -2.18. The number of pyridine rings is 5. The van der Waals surface area contributed by atoms with Crippen molar-refractivity contribution in [3.8, 4) is 0 Å². The van der Waals surface area contributed by atoms with Gasteiger partial charge in [-0.05, 0) is 84.3 Å². The third-order valence-corrected chi connectivity index (χ3v) is 7.49. The molecule has 5 aromatic heterocycles. The Morgan fingerprint density at radius 3 is 0.909 bits per heavy atom. The maximum absolute atomic E-state index is 5.21. The predicted octanol–water partition coefficient (Wildman–Crippen LogP) is 9.41.